The van der Waals surface area contributed by atoms with Gasteiger partial charge in [-0.15, -0.1) is 11.6 Å². The summed E-state index contributed by atoms with van der Waals surface area (Å²) in [4.78, 5) is 0. The molecule has 0 aliphatic rings. The van der Waals surface area contributed by atoms with Crippen LogP contribution in [0.3, 0.4) is 0 Å². The second-order valence-electron chi connectivity index (χ2n) is 3.52. The standard InChI is InChI=1S/C7H6ClF9O2S/c8-2-1-3-20(18,19)7(16,17)5(11,12)4(9,10)6(13,14)15/h1-3H2. The second kappa shape index (κ2) is 5.43. The summed E-state index contributed by atoms with van der Waals surface area (Å²) in [5.41, 5.74) is 0. The Bertz CT molecular complexity index is 442. The summed E-state index contributed by atoms with van der Waals surface area (Å²) in [6, 6.07) is 0. The Balaban J connectivity index is 5.82. The highest BCUT2D eigenvalue weighted by Gasteiger charge is 2.84. The highest BCUT2D eigenvalue weighted by atomic mass is 35.5. The van der Waals surface area contributed by atoms with E-state index in [1.54, 1.807) is 0 Å². The van der Waals surface area contributed by atoms with Crippen LogP contribution in [0.5, 0.6) is 0 Å². The van der Waals surface area contributed by atoms with Gasteiger partial charge in [0.05, 0.1) is 5.75 Å². The summed E-state index contributed by atoms with van der Waals surface area (Å²) < 4.78 is 133. The summed E-state index contributed by atoms with van der Waals surface area (Å²) in [5.74, 6) is -16.8. The van der Waals surface area contributed by atoms with Gasteiger partial charge in [-0.25, -0.2) is 8.42 Å². The van der Waals surface area contributed by atoms with Crippen LogP contribution in [0.15, 0.2) is 0 Å². The van der Waals surface area contributed by atoms with Gasteiger partial charge in [-0.3, -0.25) is 0 Å². The maximum atomic E-state index is 13.0. The van der Waals surface area contributed by atoms with E-state index in [1.807, 2.05) is 0 Å². The van der Waals surface area contributed by atoms with Crippen molar-refractivity contribution in [3.05, 3.63) is 0 Å². The minimum absolute atomic E-state index is 0.601. The van der Waals surface area contributed by atoms with Gasteiger partial charge >= 0.3 is 23.3 Å². The van der Waals surface area contributed by atoms with Crippen molar-refractivity contribution in [1.82, 2.24) is 0 Å². The Kier molecular flexibility index (Phi) is 5.32. The van der Waals surface area contributed by atoms with Gasteiger partial charge in [0.15, 0.2) is 0 Å². The first-order valence-electron chi connectivity index (χ1n) is 4.54. The summed E-state index contributed by atoms with van der Waals surface area (Å²) >= 11 is 4.91. The van der Waals surface area contributed by atoms with Crippen LogP contribution in [0.25, 0.3) is 0 Å². The summed E-state index contributed by atoms with van der Waals surface area (Å²) in [7, 11) is -6.27. The molecule has 0 aromatic carbocycles. The molecule has 20 heavy (non-hydrogen) atoms. The van der Waals surface area contributed by atoms with Crippen LogP contribution in [0.2, 0.25) is 0 Å². The van der Waals surface area contributed by atoms with E-state index in [9.17, 15) is 47.9 Å². The maximum Gasteiger partial charge on any atom is 0.460 e. The Hall–Kier alpha value is -0.390. The van der Waals surface area contributed by atoms with Gasteiger partial charge in [0.1, 0.15) is 0 Å². The second-order valence-corrected chi connectivity index (χ2v) is 6.05. The minimum atomic E-state index is -7.22. The Morgan fingerprint density at radius 3 is 1.50 bits per heavy atom. The molecule has 0 radical (unpaired) electrons. The predicted octanol–water partition coefficient (Wildman–Crippen LogP) is 3.46. The van der Waals surface area contributed by atoms with Crippen LogP contribution in [-0.2, 0) is 9.84 Å². The smallest absolute Gasteiger partial charge is 0.222 e. The third-order valence-electron chi connectivity index (χ3n) is 2.05. The summed E-state index contributed by atoms with van der Waals surface area (Å²) in [6.45, 7) is 0. The van der Waals surface area contributed by atoms with Crippen LogP contribution in [0.4, 0.5) is 39.5 Å². The number of hydrogen-bond donors (Lipinski definition) is 0. The van der Waals surface area contributed by atoms with E-state index in [1.165, 1.54) is 0 Å². The molecule has 0 saturated carbocycles. The minimum Gasteiger partial charge on any atom is -0.222 e. The molecule has 0 aromatic rings. The molecule has 0 amide bonds. The third-order valence-corrected chi connectivity index (χ3v) is 4.18. The van der Waals surface area contributed by atoms with Crippen molar-refractivity contribution < 1.29 is 47.9 Å². The van der Waals surface area contributed by atoms with Crippen molar-refractivity contribution in [2.75, 3.05) is 11.6 Å². The van der Waals surface area contributed by atoms with Crippen molar-refractivity contribution in [1.29, 1.82) is 0 Å². The number of alkyl halides is 10. The Morgan fingerprint density at radius 1 is 0.800 bits per heavy atom. The van der Waals surface area contributed by atoms with E-state index in [-0.39, 0.29) is 0 Å². The van der Waals surface area contributed by atoms with Crippen LogP contribution in [0, 0.1) is 0 Å². The molecule has 0 rings (SSSR count). The van der Waals surface area contributed by atoms with E-state index >= 15 is 0 Å². The first-order chi connectivity index (χ1) is 8.56. The van der Waals surface area contributed by atoms with E-state index in [0.29, 0.717) is 0 Å². The number of halogens is 10. The lowest BCUT2D eigenvalue weighted by Gasteiger charge is -2.33. The topological polar surface area (TPSA) is 34.1 Å². The molecule has 0 N–H and O–H groups in total. The van der Waals surface area contributed by atoms with Gasteiger partial charge in [-0.2, -0.15) is 39.5 Å². The highest BCUT2D eigenvalue weighted by molar-refractivity contribution is 7.92. The van der Waals surface area contributed by atoms with Gasteiger partial charge < -0.3 is 0 Å². The molecule has 13 heteroatoms. The van der Waals surface area contributed by atoms with Crippen LogP contribution in [0.1, 0.15) is 6.42 Å². The van der Waals surface area contributed by atoms with Gasteiger partial charge in [0.2, 0.25) is 9.84 Å². The molecule has 0 atom stereocenters. The SMILES string of the molecule is O=S(=O)(CCCCl)C(F)(F)C(F)(F)C(F)(F)C(F)(F)F. The lowest BCUT2D eigenvalue weighted by molar-refractivity contribution is -0.382. The van der Waals surface area contributed by atoms with Crippen molar-refractivity contribution in [3.63, 3.8) is 0 Å². The highest BCUT2D eigenvalue weighted by Crippen LogP contribution is 2.54. The molecule has 0 aliphatic heterocycles. The quantitative estimate of drug-likeness (QED) is 0.537. The van der Waals surface area contributed by atoms with Gasteiger partial charge in [0, 0.05) is 5.88 Å². The fraction of sp³-hybridized carbons (Fsp3) is 1.00. The molecule has 0 fully saturated rings. The van der Waals surface area contributed by atoms with Crippen LogP contribution in [-0.4, -0.2) is 43.3 Å². The van der Waals surface area contributed by atoms with Gasteiger partial charge in [0.25, 0.3) is 0 Å². The fourth-order valence-corrected chi connectivity index (χ4v) is 2.52. The fourth-order valence-electron chi connectivity index (χ4n) is 0.929. The molecule has 0 heterocycles. The van der Waals surface area contributed by atoms with E-state index in [2.05, 4.69) is 0 Å². The molecular weight excluding hydrogens is 355 g/mol. The van der Waals surface area contributed by atoms with Crippen LogP contribution >= 0.6 is 11.6 Å². The monoisotopic (exact) mass is 360 g/mol. The average Bonchev–Trinajstić information content (AvgIpc) is 2.24. The van der Waals surface area contributed by atoms with E-state index in [0.717, 1.165) is 0 Å². The average molecular weight is 361 g/mol. The predicted molar refractivity (Wildman–Crippen MR) is 50.0 cm³/mol. The Labute approximate surface area is 111 Å². The number of hydrogen-bond acceptors (Lipinski definition) is 2. The van der Waals surface area contributed by atoms with E-state index in [4.69, 9.17) is 11.6 Å². The van der Waals surface area contributed by atoms with Gasteiger partial charge in [-0.05, 0) is 6.42 Å². The Morgan fingerprint density at radius 2 is 1.20 bits per heavy atom. The number of rotatable bonds is 6. The zero-order valence-corrected chi connectivity index (χ0v) is 10.7. The molecule has 0 aliphatic carbocycles. The normalized spacial score (nSPS) is 15.5. The summed E-state index contributed by atoms with van der Waals surface area (Å²) in [6.07, 6.45) is -7.88. The maximum absolute atomic E-state index is 13.0. The third kappa shape index (κ3) is 2.95. The molecule has 0 unspecified atom stereocenters. The van der Waals surface area contributed by atoms with Crippen molar-refractivity contribution in [2.24, 2.45) is 0 Å². The van der Waals surface area contributed by atoms with Crippen molar-refractivity contribution in [2.45, 2.75) is 29.7 Å². The lowest BCUT2D eigenvalue weighted by Crippen LogP contribution is -2.63. The van der Waals surface area contributed by atoms with Gasteiger partial charge in [-0.1, -0.05) is 0 Å². The largest absolute Gasteiger partial charge is 0.460 e. The van der Waals surface area contributed by atoms with Crippen molar-refractivity contribution >= 4 is 21.4 Å². The first kappa shape index (κ1) is 19.6. The van der Waals surface area contributed by atoms with Crippen molar-refractivity contribution in [3.8, 4) is 0 Å². The first-order valence-corrected chi connectivity index (χ1v) is 6.73. The zero-order valence-electron chi connectivity index (χ0n) is 9.13. The lowest BCUT2D eigenvalue weighted by atomic mass is 10.1. The zero-order chi connectivity index (χ0) is 16.6. The molecule has 2 nitrogen and oxygen atoms in total. The molecule has 0 bridgehead atoms. The van der Waals surface area contributed by atoms with E-state index < -0.39 is 51.2 Å². The molecular formula is C7H6ClF9O2S. The molecule has 0 aromatic heterocycles. The molecule has 122 valence electrons. The summed E-state index contributed by atoms with van der Waals surface area (Å²) in [5, 5.41) is -6.61. The van der Waals surface area contributed by atoms with Crippen LogP contribution < -0.4 is 0 Å². The molecule has 0 spiro atoms. The number of sulfone groups is 1. The molecule has 0 saturated heterocycles.